The van der Waals surface area contributed by atoms with Crippen molar-refractivity contribution in [1.29, 1.82) is 0 Å². The van der Waals surface area contributed by atoms with Gasteiger partial charge in [-0.25, -0.2) is 0 Å². The lowest BCUT2D eigenvalue weighted by atomic mass is 9.88. The van der Waals surface area contributed by atoms with Gasteiger partial charge in [0.1, 0.15) is 0 Å². The van der Waals surface area contributed by atoms with Crippen LogP contribution < -0.4 is 5.32 Å². The van der Waals surface area contributed by atoms with E-state index in [-0.39, 0.29) is 0 Å². The highest BCUT2D eigenvalue weighted by Crippen LogP contribution is 2.23. The van der Waals surface area contributed by atoms with Crippen LogP contribution in [0.5, 0.6) is 0 Å². The predicted octanol–water partition coefficient (Wildman–Crippen LogP) is 4.00. The second-order valence-electron chi connectivity index (χ2n) is 6.02. The van der Waals surface area contributed by atoms with E-state index >= 15 is 0 Å². The molecule has 0 aliphatic rings. The van der Waals surface area contributed by atoms with Crippen molar-refractivity contribution in [3.05, 3.63) is 0 Å². The fourth-order valence-electron chi connectivity index (χ4n) is 2.27. The maximum Gasteiger partial charge on any atom is 0.0725 e. The third-order valence-electron chi connectivity index (χ3n) is 3.14. The molecule has 0 radical (unpaired) electrons. The number of hydrogen-bond acceptors (Lipinski definition) is 2. The van der Waals surface area contributed by atoms with Crippen LogP contribution in [0.2, 0.25) is 0 Å². The molecule has 2 heteroatoms. The summed E-state index contributed by atoms with van der Waals surface area (Å²) in [4.78, 5) is 0. The summed E-state index contributed by atoms with van der Waals surface area (Å²) in [6.45, 7) is 15.3. The lowest BCUT2D eigenvalue weighted by Crippen LogP contribution is -2.41. The summed E-state index contributed by atoms with van der Waals surface area (Å²) in [6, 6.07) is 0.521. The molecule has 0 amide bonds. The lowest BCUT2D eigenvalue weighted by molar-refractivity contribution is 0.0288. The van der Waals surface area contributed by atoms with Crippen LogP contribution in [0, 0.1) is 5.41 Å². The van der Waals surface area contributed by atoms with Crippen LogP contribution in [0.25, 0.3) is 0 Å². The van der Waals surface area contributed by atoms with Crippen molar-refractivity contribution in [3.8, 4) is 0 Å². The highest BCUT2D eigenvalue weighted by atomic mass is 16.5. The number of rotatable bonds is 9. The summed E-state index contributed by atoms with van der Waals surface area (Å²) in [5, 5.41) is 3.58. The van der Waals surface area contributed by atoms with Crippen molar-refractivity contribution in [2.75, 3.05) is 13.2 Å². The molecule has 104 valence electrons. The molecular formula is C15H33NO. The summed E-state index contributed by atoms with van der Waals surface area (Å²) in [5.74, 6) is 0. The van der Waals surface area contributed by atoms with Gasteiger partial charge in [-0.15, -0.1) is 0 Å². The van der Waals surface area contributed by atoms with Crippen molar-refractivity contribution in [2.45, 2.75) is 79.4 Å². The lowest BCUT2D eigenvalue weighted by Gasteiger charge is -2.28. The summed E-state index contributed by atoms with van der Waals surface area (Å²) in [6.07, 6.45) is 5.27. The predicted molar refractivity (Wildman–Crippen MR) is 76.5 cm³/mol. The van der Waals surface area contributed by atoms with Gasteiger partial charge in [0.05, 0.1) is 6.10 Å². The molecule has 0 saturated carbocycles. The molecule has 0 bridgehead atoms. The number of ether oxygens (including phenoxy) is 1. The molecule has 0 aliphatic heterocycles. The average Bonchev–Trinajstić information content (AvgIpc) is 2.23. The fourth-order valence-corrected chi connectivity index (χ4v) is 2.27. The molecule has 17 heavy (non-hydrogen) atoms. The van der Waals surface area contributed by atoms with Crippen molar-refractivity contribution >= 4 is 0 Å². The summed E-state index contributed by atoms with van der Waals surface area (Å²) in [7, 11) is 0. The molecule has 0 aromatic rings. The Morgan fingerprint density at radius 1 is 1.12 bits per heavy atom. The summed E-state index contributed by atoms with van der Waals surface area (Å²) >= 11 is 0. The van der Waals surface area contributed by atoms with Gasteiger partial charge in [0.25, 0.3) is 0 Å². The van der Waals surface area contributed by atoms with Gasteiger partial charge in [0.15, 0.2) is 0 Å². The smallest absolute Gasteiger partial charge is 0.0725 e. The molecule has 0 spiro atoms. The van der Waals surface area contributed by atoms with Crippen LogP contribution in [0.3, 0.4) is 0 Å². The normalized spacial score (nSPS) is 15.9. The Hall–Kier alpha value is -0.0800. The monoisotopic (exact) mass is 243 g/mol. The van der Waals surface area contributed by atoms with Gasteiger partial charge < -0.3 is 10.1 Å². The largest absolute Gasteiger partial charge is 0.377 e. The van der Waals surface area contributed by atoms with Crippen LogP contribution >= 0.6 is 0 Å². The van der Waals surface area contributed by atoms with E-state index < -0.39 is 0 Å². The number of likely N-dealkylation sites (N-methyl/N-ethyl adjacent to an activating group) is 1. The molecule has 0 saturated heterocycles. The Kier molecular flexibility index (Phi) is 8.89. The van der Waals surface area contributed by atoms with Gasteiger partial charge in [-0.1, -0.05) is 41.0 Å². The zero-order valence-electron chi connectivity index (χ0n) is 12.8. The minimum Gasteiger partial charge on any atom is -0.377 e. The van der Waals surface area contributed by atoms with E-state index in [4.69, 9.17) is 4.74 Å². The Balaban J connectivity index is 4.12. The van der Waals surface area contributed by atoms with Gasteiger partial charge >= 0.3 is 0 Å². The zero-order chi connectivity index (χ0) is 13.3. The van der Waals surface area contributed by atoms with Gasteiger partial charge in [0.2, 0.25) is 0 Å². The molecular weight excluding hydrogens is 210 g/mol. The van der Waals surface area contributed by atoms with Gasteiger partial charge in [-0.2, -0.15) is 0 Å². The van der Waals surface area contributed by atoms with E-state index in [1.165, 1.54) is 19.3 Å². The quantitative estimate of drug-likeness (QED) is 0.661. The van der Waals surface area contributed by atoms with Crippen molar-refractivity contribution in [1.82, 2.24) is 5.32 Å². The summed E-state index contributed by atoms with van der Waals surface area (Å²) in [5.41, 5.74) is 0.449. The minimum absolute atomic E-state index is 0.375. The second kappa shape index (κ2) is 8.93. The van der Waals surface area contributed by atoms with E-state index in [2.05, 4.69) is 46.9 Å². The van der Waals surface area contributed by atoms with Crippen LogP contribution in [-0.2, 0) is 4.74 Å². The Morgan fingerprint density at radius 2 is 1.76 bits per heavy atom. The zero-order valence-corrected chi connectivity index (χ0v) is 12.8. The Bertz CT molecular complexity index is 174. The van der Waals surface area contributed by atoms with Crippen molar-refractivity contribution in [2.24, 2.45) is 5.41 Å². The number of nitrogens with one attached hydrogen (secondary N) is 1. The fraction of sp³-hybridized carbons (Fsp3) is 1.00. The third kappa shape index (κ3) is 8.62. The molecule has 0 rings (SSSR count). The van der Waals surface area contributed by atoms with Crippen molar-refractivity contribution in [3.63, 3.8) is 0 Å². The molecule has 2 unspecified atom stereocenters. The molecule has 1 N–H and O–H groups in total. The Morgan fingerprint density at radius 3 is 2.18 bits per heavy atom. The molecule has 0 fully saturated rings. The molecule has 0 aliphatic carbocycles. The first-order valence-corrected chi connectivity index (χ1v) is 7.29. The van der Waals surface area contributed by atoms with Crippen molar-refractivity contribution < 1.29 is 4.74 Å². The van der Waals surface area contributed by atoms with E-state index in [9.17, 15) is 0 Å². The number of hydrogen-bond donors (Lipinski definition) is 1. The molecule has 0 aromatic heterocycles. The SMILES string of the molecule is CCNC(CCCC(C)(C)C)C(CC)OCC. The second-order valence-corrected chi connectivity index (χ2v) is 6.02. The molecule has 0 aromatic carbocycles. The highest BCUT2D eigenvalue weighted by molar-refractivity contribution is 4.77. The van der Waals surface area contributed by atoms with Crippen LogP contribution in [0.4, 0.5) is 0 Å². The first kappa shape index (κ1) is 16.9. The first-order valence-electron chi connectivity index (χ1n) is 7.29. The van der Waals surface area contributed by atoms with Gasteiger partial charge in [-0.05, 0) is 38.1 Å². The first-order chi connectivity index (χ1) is 7.94. The molecule has 2 atom stereocenters. The van der Waals surface area contributed by atoms with E-state index in [1.54, 1.807) is 0 Å². The van der Waals surface area contributed by atoms with E-state index in [0.29, 0.717) is 17.6 Å². The van der Waals surface area contributed by atoms with E-state index in [1.807, 2.05) is 0 Å². The molecule has 2 nitrogen and oxygen atoms in total. The van der Waals surface area contributed by atoms with Crippen LogP contribution in [0.1, 0.15) is 67.2 Å². The maximum absolute atomic E-state index is 5.83. The van der Waals surface area contributed by atoms with Crippen LogP contribution in [0.15, 0.2) is 0 Å². The Labute approximate surface area is 109 Å². The standard InChI is InChI=1S/C15H33NO/c1-7-14(17-9-3)13(16-8-2)11-10-12-15(4,5)6/h13-14,16H,7-12H2,1-6H3. The van der Waals surface area contributed by atoms with Crippen LogP contribution in [-0.4, -0.2) is 25.3 Å². The topological polar surface area (TPSA) is 21.3 Å². The van der Waals surface area contributed by atoms with Gasteiger partial charge in [0, 0.05) is 12.6 Å². The average molecular weight is 243 g/mol. The third-order valence-corrected chi connectivity index (χ3v) is 3.14. The van der Waals surface area contributed by atoms with Gasteiger partial charge in [-0.3, -0.25) is 0 Å². The maximum atomic E-state index is 5.83. The summed E-state index contributed by atoms with van der Waals surface area (Å²) < 4.78 is 5.83. The molecule has 0 heterocycles. The van der Waals surface area contributed by atoms with E-state index in [0.717, 1.165) is 19.6 Å². The minimum atomic E-state index is 0.375. The highest BCUT2D eigenvalue weighted by Gasteiger charge is 2.20.